The van der Waals surface area contributed by atoms with Crippen LogP contribution in [0.4, 0.5) is 14.5 Å². The molecule has 4 nitrogen and oxygen atoms in total. The number of rotatable bonds is 5. The van der Waals surface area contributed by atoms with Gasteiger partial charge in [0.25, 0.3) is 5.76 Å². The van der Waals surface area contributed by atoms with E-state index in [0.29, 0.717) is 28.9 Å². The quantitative estimate of drug-likeness (QED) is 0.818. The number of carbonyl (C=O) groups excluding carboxylic acids is 1. The summed E-state index contributed by atoms with van der Waals surface area (Å²) in [6.07, 6.45) is 1.03. The first kappa shape index (κ1) is 16.2. The van der Waals surface area contributed by atoms with Crippen molar-refractivity contribution in [1.82, 2.24) is 10.2 Å². The van der Waals surface area contributed by atoms with Crippen molar-refractivity contribution in [1.29, 1.82) is 0 Å². The molecule has 0 saturated carbocycles. The van der Waals surface area contributed by atoms with E-state index in [0.717, 1.165) is 32.6 Å². The van der Waals surface area contributed by atoms with E-state index < -0.39 is 5.76 Å². The van der Waals surface area contributed by atoms with Gasteiger partial charge in [-0.25, -0.2) is 0 Å². The maximum absolute atomic E-state index is 12.2. The van der Waals surface area contributed by atoms with E-state index >= 15 is 0 Å². The minimum Gasteiger partial charge on any atom is -0.325 e. The van der Waals surface area contributed by atoms with Crippen molar-refractivity contribution < 1.29 is 13.6 Å². The predicted molar refractivity (Wildman–Crippen MR) is 80.9 cm³/mol. The van der Waals surface area contributed by atoms with Crippen molar-refractivity contribution in [2.75, 3.05) is 38.0 Å². The number of alkyl halides is 2. The van der Waals surface area contributed by atoms with Crippen LogP contribution >= 0.6 is 11.8 Å². The highest BCUT2D eigenvalue weighted by Gasteiger charge is 2.13. The van der Waals surface area contributed by atoms with E-state index in [4.69, 9.17) is 0 Å². The zero-order valence-electron chi connectivity index (χ0n) is 11.6. The Balaban J connectivity index is 1.81. The van der Waals surface area contributed by atoms with Crippen LogP contribution in [0, 0.1) is 0 Å². The first-order valence-electron chi connectivity index (χ1n) is 6.91. The number of thioether (sulfide) groups is 1. The van der Waals surface area contributed by atoms with E-state index in [9.17, 15) is 13.6 Å². The van der Waals surface area contributed by atoms with Gasteiger partial charge in [-0.2, -0.15) is 8.78 Å². The van der Waals surface area contributed by atoms with E-state index in [1.54, 1.807) is 24.3 Å². The van der Waals surface area contributed by atoms with Crippen LogP contribution in [0.15, 0.2) is 29.2 Å². The standard InChI is InChI=1S/C14H19F2N3OS/c15-14(16)21-12-4-2-11(3-5-12)18-13(20)10-19-8-1-6-17-7-9-19/h2-5,14,17H,1,6-10H2,(H,18,20). The number of hydrogen-bond acceptors (Lipinski definition) is 4. The monoisotopic (exact) mass is 315 g/mol. The van der Waals surface area contributed by atoms with Crippen molar-refractivity contribution in [3.8, 4) is 0 Å². The summed E-state index contributed by atoms with van der Waals surface area (Å²) in [7, 11) is 0. The van der Waals surface area contributed by atoms with Crippen LogP contribution in [0.3, 0.4) is 0 Å². The lowest BCUT2D eigenvalue weighted by molar-refractivity contribution is -0.117. The van der Waals surface area contributed by atoms with Gasteiger partial charge in [-0.15, -0.1) is 0 Å². The molecule has 1 heterocycles. The van der Waals surface area contributed by atoms with Gasteiger partial charge in [-0.1, -0.05) is 11.8 Å². The molecule has 2 rings (SSSR count). The van der Waals surface area contributed by atoms with Crippen LogP contribution in [0.1, 0.15) is 6.42 Å². The molecule has 1 aromatic rings. The summed E-state index contributed by atoms with van der Waals surface area (Å²) in [6, 6.07) is 6.46. The molecule has 116 valence electrons. The zero-order valence-corrected chi connectivity index (χ0v) is 12.5. The number of benzene rings is 1. The van der Waals surface area contributed by atoms with Gasteiger partial charge < -0.3 is 10.6 Å². The van der Waals surface area contributed by atoms with Gasteiger partial charge in [-0.3, -0.25) is 9.69 Å². The normalized spacial score (nSPS) is 16.7. The highest BCUT2D eigenvalue weighted by Crippen LogP contribution is 2.26. The largest absolute Gasteiger partial charge is 0.325 e. The molecule has 1 saturated heterocycles. The number of hydrogen-bond donors (Lipinski definition) is 2. The van der Waals surface area contributed by atoms with Crippen LogP contribution in [0.25, 0.3) is 0 Å². The SMILES string of the molecule is O=C(CN1CCCNCC1)Nc1ccc(SC(F)F)cc1. The van der Waals surface area contributed by atoms with Gasteiger partial charge in [-0.05, 0) is 43.8 Å². The summed E-state index contributed by atoms with van der Waals surface area (Å²) in [5, 5.41) is 6.08. The van der Waals surface area contributed by atoms with Crippen molar-refractivity contribution in [2.24, 2.45) is 0 Å². The summed E-state index contributed by atoms with van der Waals surface area (Å²) in [6.45, 7) is 4.01. The van der Waals surface area contributed by atoms with Gasteiger partial charge in [0.1, 0.15) is 0 Å². The second-order valence-corrected chi connectivity index (χ2v) is 5.89. The zero-order chi connectivity index (χ0) is 15.1. The molecule has 0 bridgehead atoms. The van der Waals surface area contributed by atoms with Crippen LogP contribution < -0.4 is 10.6 Å². The first-order valence-corrected chi connectivity index (χ1v) is 7.79. The molecule has 0 spiro atoms. The Morgan fingerprint density at radius 2 is 2.05 bits per heavy atom. The number of carbonyl (C=O) groups is 1. The highest BCUT2D eigenvalue weighted by atomic mass is 32.2. The van der Waals surface area contributed by atoms with Crippen LogP contribution in [-0.4, -0.2) is 49.3 Å². The van der Waals surface area contributed by atoms with Gasteiger partial charge in [0.2, 0.25) is 5.91 Å². The lowest BCUT2D eigenvalue weighted by atomic mass is 10.3. The van der Waals surface area contributed by atoms with E-state index in [-0.39, 0.29) is 5.91 Å². The Morgan fingerprint density at radius 1 is 1.29 bits per heavy atom. The van der Waals surface area contributed by atoms with Crippen molar-refractivity contribution in [3.63, 3.8) is 0 Å². The number of nitrogens with one attached hydrogen (secondary N) is 2. The first-order chi connectivity index (χ1) is 10.1. The Kier molecular flexibility index (Phi) is 6.41. The lowest BCUT2D eigenvalue weighted by Gasteiger charge is -2.18. The number of anilines is 1. The molecular weight excluding hydrogens is 296 g/mol. The van der Waals surface area contributed by atoms with E-state index in [2.05, 4.69) is 15.5 Å². The molecule has 2 N–H and O–H groups in total. The van der Waals surface area contributed by atoms with Gasteiger partial charge in [0, 0.05) is 23.7 Å². The lowest BCUT2D eigenvalue weighted by Crippen LogP contribution is -2.35. The fraction of sp³-hybridized carbons (Fsp3) is 0.500. The molecule has 1 fully saturated rings. The summed E-state index contributed by atoms with van der Waals surface area (Å²) in [5.74, 6) is -2.51. The maximum atomic E-state index is 12.2. The van der Waals surface area contributed by atoms with Gasteiger partial charge >= 0.3 is 0 Å². The average Bonchev–Trinajstić information content (AvgIpc) is 2.69. The van der Waals surface area contributed by atoms with Gasteiger partial charge in [0.15, 0.2) is 0 Å². The summed E-state index contributed by atoms with van der Waals surface area (Å²) in [4.78, 5) is 14.6. The van der Waals surface area contributed by atoms with Crippen LogP contribution in [0.2, 0.25) is 0 Å². The minimum absolute atomic E-state index is 0.0776. The summed E-state index contributed by atoms with van der Waals surface area (Å²) >= 11 is 0.496. The van der Waals surface area contributed by atoms with Crippen molar-refractivity contribution in [2.45, 2.75) is 17.1 Å². The number of nitrogens with zero attached hydrogens (tertiary/aromatic N) is 1. The number of halogens is 2. The Bertz CT molecular complexity index is 448. The van der Waals surface area contributed by atoms with Crippen LogP contribution in [-0.2, 0) is 4.79 Å². The molecule has 1 amide bonds. The second kappa shape index (κ2) is 8.31. The molecule has 1 aliphatic heterocycles. The van der Waals surface area contributed by atoms with E-state index in [1.165, 1.54) is 0 Å². The Hall–Kier alpha value is -1.18. The molecule has 0 atom stereocenters. The van der Waals surface area contributed by atoms with E-state index in [1.807, 2.05) is 0 Å². The summed E-state index contributed by atoms with van der Waals surface area (Å²) < 4.78 is 24.4. The smallest absolute Gasteiger partial charge is 0.288 e. The summed E-state index contributed by atoms with van der Waals surface area (Å²) in [5.41, 5.74) is 0.631. The van der Waals surface area contributed by atoms with Crippen molar-refractivity contribution >= 4 is 23.4 Å². The third-order valence-electron chi connectivity index (χ3n) is 3.16. The van der Waals surface area contributed by atoms with Crippen LogP contribution in [0.5, 0.6) is 0 Å². The molecule has 1 aliphatic rings. The third-order valence-corrected chi connectivity index (χ3v) is 3.89. The fourth-order valence-corrected chi connectivity index (χ4v) is 2.68. The molecule has 21 heavy (non-hydrogen) atoms. The van der Waals surface area contributed by atoms with Crippen molar-refractivity contribution in [3.05, 3.63) is 24.3 Å². The third kappa shape index (κ3) is 5.99. The highest BCUT2D eigenvalue weighted by molar-refractivity contribution is 7.99. The maximum Gasteiger partial charge on any atom is 0.288 e. The predicted octanol–water partition coefficient (Wildman–Crippen LogP) is 2.24. The second-order valence-electron chi connectivity index (χ2n) is 4.83. The molecule has 0 aliphatic carbocycles. The molecular formula is C14H19F2N3OS. The minimum atomic E-state index is -2.43. The molecule has 1 aromatic carbocycles. The Morgan fingerprint density at radius 3 is 2.76 bits per heavy atom. The Labute approximate surface area is 127 Å². The molecule has 0 radical (unpaired) electrons. The fourth-order valence-electron chi connectivity index (χ4n) is 2.18. The average molecular weight is 315 g/mol. The number of amides is 1. The molecule has 0 aromatic heterocycles. The topological polar surface area (TPSA) is 44.4 Å². The molecule has 0 unspecified atom stereocenters. The molecule has 7 heteroatoms. The van der Waals surface area contributed by atoms with Gasteiger partial charge in [0.05, 0.1) is 6.54 Å².